The standard InChI is InChI=1S/C25H20F3N3O4S/c26-25(27,28)18-19(13-4-2-1-3-5-13)31-35-21(18)24-30-17-9-7-14-12-15(6-8-16(14)22(17)36-24)20(33)23(34)29-10-11-32/h1-6,8,12,20,32-33H,7,9-11H2,(H,29,34)/t20-/m1/s1. The molecule has 2 aromatic heterocycles. The van der Waals surface area contributed by atoms with Crippen molar-refractivity contribution in [2.75, 3.05) is 13.2 Å². The molecule has 0 spiro atoms. The van der Waals surface area contributed by atoms with E-state index in [2.05, 4.69) is 15.5 Å². The number of benzene rings is 2. The van der Waals surface area contributed by atoms with Crippen molar-refractivity contribution in [2.24, 2.45) is 0 Å². The lowest BCUT2D eigenvalue weighted by Gasteiger charge is -2.18. The molecule has 2 heterocycles. The number of aromatic nitrogens is 2. The molecule has 7 nitrogen and oxygen atoms in total. The molecule has 5 rings (SSSR count). The molecule has 36 heavy (non-hydrogen) atoms. The summed E-state index contributed by atoms with van der Waals surface area (Å²) in [5.74, 6) is -1.05. The van der Waals surface area contributed by atoms with E-state index in [-0.39, 0.29) is 23.9 Å². The fourth-order valence-corrected chi connectivity index (χ4v) is 5.37. The van der Waals surface area contributed by atoms with Gasteiger partial charge < -0.3 is 20.1 Å². The van der Waals surface area contributed by atoms with E-state index in [0.29, 0.717) is 34.5 Å². The number of aryl methyl sites for hydroxylation is 2. The number of nitrogens with one attached hydrogen (secondary N) is 1. The molecule has 4 aromatic rings. The maximum absolute atomic E-state index is 14.1. The van der Waals surface area contributed by atoms with E-state index >= 15 is 0 Å². The lowest BCUT2D eigenvalue weighted by atomic mass is 9.91. The number of carbonyl (C=O) groups excluding carboxylic acids is 1. The largest absolute Gasteiger partial charge is 0.422 e. The Labute approximate surface area is 207 Å². The van der Waals surface area contributed by atoms with Crippen molar-refractivity contribution >= 4 is 17.2 Å². The molecule has 0 saturated heterocycles. The Morgan fingerprint density at radius 3 is 2.67 bits per heavy atom. The first-order chi connectivity index (χ1) is 17.3. The minimum atomic E-state index is -4.70. The Hall–Kier alpha value is -3.54. The van der Waals surface area contributed by atoms with Gasteiger partial charge in [-0.2, -0.15) is 13.2 Å². The van der Waals surface area contributed by atoms with E-state index in [1.54, 1.807) is 36.4 Å². The Morgan fingerprint density at radius 1 is 1.17 bits per heavy atom. The number of aliphatic hydroxyl groups excluding tert-OH is 2. The topological polar surface area (TPSA) is 108 Å². The maximum atomic E-state index is 14.1. The van der Waals surface area contributed by atoms with Crippen LogP contribution in [0.5, 0.6) is 0 Å². The average molecular weight is 516 g/mol. The van der Waals surface area contributed by atoms with Gasteiger partial charge in [0.15, 0.2) is 11.1 Å². The van der Waals surface area contributed by atoms with Gasteiger partial charge in [0.25, 0.3) is 5.91 Å². The van der Waals surface area contributed by atoms with Crippen LogP contribution in [0.3, 0.4) is 0 Å². The first-order valence-electron chi connectivity index (χ1n) is 11.1. The quantitative estimate of drug-likeness (QED) is 0.352. The van der Waals surface area contributed by atoms with E-state index in [0.717, 1.165) is 22.5 Å². The summed E-state index contributed by atoms with van der Waals surface area (Å²) in [6.07, 6.45) is -5.08. The molecule has 0 saturated carbocycles. The average Bonchev–Trinajstić information content (AvgIpc) is 3.51. The van der Waals surface area contributed by atoms with Crippen LogP contribution in [0.2, 0.25) is 0 Å². The van der Waals surface area contributed by atoms with Gasteiger partial charge in [0.05, 0.1) is 17.2 Å². The van der Waals surface area contributed by atoms with Crippen LogP contribution in [0.25, 0.3) is 32.5 Å². The number of amides is 1. The van der Waals surface area contributed by atoms with Gasteiger partial charge in [0.2, 0.25) is 5.76 Å². The number of alkyl halides is 3. The Bertz CT molecular complexity index is 1420. The number of thiazole rings is 1. The Balaban J connectivity index is 1.52. The van der Waals surface area contributed by atoms with Crippen molar-refractivity contribution in [1.29, 1.82) is 0 Å². The first kappa shape index (κ1) is 24.2. The van der Waals surface area contributed by atoms with Crippen LogP contribution in [0, 0.1) is 0 Å². The number of hydrogen-bond donors (Lipinski definition) is 3. The number of carbonyl (C=O) groups is 1. The second kappa shape index (κ2) is 9.49. The minimum Gasteiger partial charge on any atom is -0.395 e. The second-order valence-corrected chi connectivity index (χ2v) is 9.23. The lowest BCUT2D eigenvalue weighted by Crippen LogP contribution is -2.31. The molecular formula is C25H20F3N3O4S. The Kier molecular flexibility index (Phi) is 6.37. The van der Waals surface area contributed by atoms with Crippen molar-refractivity contribution in [3.05, 3.63) is 70.9 Å². The van der Waals surface area contributed by atoms with Crippen LogP contribution in [0.4, 0.5) is 13.2 Å². The second-order valence-electron chi connectivity index (χ2n) is 8.23. The fourth-order valence-electron chi connectivity index (χ4n) is 4.21. The zero-order valence-corrected chi connectivity index (χ0v) is 19.5. The fraction of sp³-hybridized carbons (Fsp3) is 0.240. The van der Waals surface area contributed by atoms with E-state index in [9.17, 15) is 23.1 Å². The molecular weight excluding hydrogens is 495 g/mol. The van der Waals surface area contributed by atoms with E-state index < -0.39 is 29.5 Å². The summed E-state index contributed by atoms with van der Waals surface area (Å²) in [5, 5.41) is 25.4. The smallest absolute Gasteiger partial charge is 0.395 e. The Morgan fingerprint density at radius 2 is 1.94 bits per heavy atom. The normalized spacial score (nSPS) is 13.7. The summed E-state index contributed by atoms with van der Waals surface area (Å²) in [4.78, 5) is 17.2. The summed E-state index contributed by atoms with van der Waals surface area (Å²) in [7, 11) is 0. The number of halogens is 3. The van der Waals surface area contributed by atoms with Gasteiger partial charge in [-0.1, -0.05) is 53.7 Å². The maximum Gasteiger partial charge on any atom is 0.422 e. The highest BCUT2D eigenvalue weighted by Gasteiger charge is 2.42. The molecule has 0 bridgehead atoms. The molecule has 0 fully saturated rings. The monoisotopic (exact) mass is 515 g/mol. The van der Waals surface area contributed by atoms with Gasteiger partial charge in [-0.3, -0.25) is 4.79 Å². The lowest BCUT2D eigenvalue weighted by molar-refractivity contribution is -0.136. The molecule has 186 valence electrons. The molecule has 2 aromatic carbocycles. The van der Waals surface area contributed by atoms with Crippen molar-refractivity contribution in [2.45, 2.75) is 25.1 Å². The van der Waals surface area contributed by atoms with Gasteiger partial charge in [-0.15, -0.1) is 11.3 Å². The van der Waals surface area contributed by atoms with E-state index in [1.165, 1.54) is 12.1 Å². The van der Waals surface area contributed by atoms with Crippen molar-refractivity contribution < 1.29 is 32.7 Å². The molecule has 0 aliphatic heterocycles. The predicted molar refractivity (Wildman–Crippen MR) is 126 cm³/mol. The molecule has 0 unspecified atom stereocenters. The highest BCUT2D eigenvalue weighted by Crippen LogP contribution is 2.47. The number of aliphatic hydroxyl groups is 2. The van der Waals surface area contributed by atoms with E-state index in [1.807, 2.05) is 0 Å². The third kappa shape index (κ3) is 4.41. The van der Waals surface area contributed by atoms with Gasteiger partial charge >= 0.3 is 6.18 Å². The van der Waals surface area contributed by atoms with Gasteiger partial charge in [-0.25, -0.2) is 4.98 Å². The van der Waals surface area contributed by atoms with Crippen molar-refractivity contribution in [1.82, 2.24) is 15.5 Å². The molecule has 11 heteroatoms. The number of fused-ring (bicyclic) bond motifs is 3. The van der Waals surface area contributed by atoms with Gasteiger partial charge in [0, 0.05) is 12.1 Å². The summed E-state index contributed by atoms with van der Waals surface area (Å²) in [6, 6.07) is 13.1. The molecule has 1 aliphatic carbocycles. The minimum absolute atomic E-state index is 0.0291. The van der Waals surface area contributed by atoms with Crippen LogP contribution < -0.4 is 5.32 Å². The molecule has 0 radical (unpaired) electrons. The van der Waals surface area contributed by atoms with Crippen LogP contribution in [0.1, 0.15) is 28.5 Å². The predicted octanol–water partition coefficient (Wildman–Crippen LogP) is 4.39. The summed E-state index contributed by atoms with van der Waals surface area (Å²) >= 11 is 1.09. The van der Waals surface area contributed by atoms with Crippen LogP contribution in [-0.2, 0) is 23.8 Å². The SMILES string of the molecule is O=C(NCCO)[C@H](O)c1ccc2c(c1)CCc1nc(-c3onc(-c4ccccc4)c3C(F)(F)F)sc1-2. The molecule has 1 amide bonds. The number of hydrogen-bond acceptors (Lipinski definition) is 7. The number of rotatable bonds is 6. The highest BCUT2D eigenvalue weighted by molar-refractivity contribution is 7.18. The molecule has 1 aliphatic rings. The molecule has 1 atom stereocenters. The van der Waals surface area contributed by atoms with Crippen LogP contribution in [0.15, 0.2) is 53.1 Å². The summed E-state index contributed by atoms with van der Waals surface area (Å²) in [6.45, 7) is -0.214. The molecule has 3 N–H and O–H groups in total. The third-order valence-electron chi connectivity index (χ3n) is 5.89. The van der Waals surface area contributed by atoms with E-state index in [4.69, 9.17) is 9.63 Å². The summed E-state index contributed by atoms with van der Waals surface area (Å²) < 4.78 is 47.5. The number of nitrogens with zero attached hydrogens (tertiary/aromatic N) is 2. The van der Waals surface area contributed by atoms with Crippen LogP contribution in [-0.4, -0.2) is 39.4 Å². The van der Waals surface area contributed by atoms with Crippen LogP contribution >= 0.6 is 11.3 Å². The zero-order chi connectivity index (χ0) is 25.4. The zero-order valence-electron chi connectivity index (χ0n) is 18.7. The first-order valence-corrected chi connectivity index (χ1v) is 11.9. The third-order valence-corrected chi connectivity index (χ3v) is 7.02. The van der Waals surface area contributed by atoms with Crippen molar-refractivity contribution in [3.8, 4) is 32.5 Å². The van der Waals surface area contributed by atoms with Gasteiger partial charge in [-0.05, 0) is 29.5 Å². The highest BCUT2D eigenvalue weighted by atomic mass is 32.1. The van der Waals surface area contributed by atoms with Crippen molar-refractivity contribution in [3.63, 3.8) is 0 Å². The summed E-state index contributed by atoms with van der Waals surface area (Å²) in [5.41, 5.74) is 1.71. The van der Waals surface area contributed by atoms with Gasteiger partial charge in [0.1, 0.15) is 11.3 Å².